The number of nitrogens with zero attached hydrogens (tertiary/aromatic N) is 4. The van der Waals surface area contributed by atoms with E-state index in [-0.39, 0.29) is 16.8 Å². The topological polar surface area (TPSA) is 97.2 Å². The van der Waals surface area contributed by atoms with E-state index in [2.05, 4.69) is 15.4 Å². The van der Waals surface area contributed by atoms with Crippen molar-refractivity contribution in [2.24, 2.45) is 0 Å². The quantitative estimate of drug-likeness (QED) is 0.618. The number of hydrogen-bond acceptors (Lipinski definition) is 5. The van der Waals surface area contributed by atoms with Gasteiger partial charge in [-0.3, -0.25) is 4.79 Å². The van der Waals surface area contributed by atoms with Gasteiger partial charge in [-0.2, -0.15) is 9.40 Å². The minimum absolute atomic E-state index is 0.167. The maximum absolute atomic E-state index is 13.0. The van der Waals surface area contributed by atoms with E-state index < -0.39 is 10.0 Å². The zero-order chi connectivity index (χ0) is 22.7. The number of benzene rings is 2. The molecule has 1 fully saturated rings. The fraction of sp³-hybridized carbons (Fsp3) is 0.348. The van der Waals surface area contributed by atoms with Crippen molar-refractivity contribution in [1.29, 1.82) is 0 Å². The van der Waals surface area contributed by atoms with E-state index >= 15 is 0 Å². The number of amides is 1. The standard InChI is InChI=1S/C23H27N5O3S/c1-17-6-11-21(32(30,31)27-12-4-3-5-13-27)14-22(17)23(29)26-18(2)19-7-9-20(10-8-19)28-16-24-15-25-28/h6-11,14-16,18H,3-5,12-13H2,1-2H3,(H,26,29). The van der Waals surface area contributed by atoms with E-state index in [4.69, 9.17) is 0 Å². The van der Waals surface area contributed by atoms with Crippen LogP contribution in [0.3, 0.4) is 0 Å². The van der Waals surface area contributed by atoms with Crippen molar-refractivity contribution in [3.05, 3.63) is 71.8 Å². The number of hydrogen-bond donors (Lipinski definition) is 1. The number of sulfonamides is 1. The first kappa shape index (κ1) is 22.2. The molecular formula is C23H27N5O3S. The Labute approximate surface area is 188 Å². The summed E-state index contributed by atoms with van der Waals surface area (Å²) < 4.78 is 29.2. The Kier molecular flexibility index (Phi) is 6.38. The van der Waals surface area contributed by atoms with Crippen LogP contribution in [0.15, 0.2) is 60.0 Å². The smallest absolute Gasteiger partial charge is 0.252 e. The molecule has 4 rings (SSSR count). The predicted octanol–water partition coefficient (Wildman–Crippen LogP) is 3.24. The van der Waals surface area contributed by atoms with Crippen molar-refractivity contribution in [3.8, 4) is 5.69 Å². The van der Waals surface area contributed by atoms with Crippen LogP contribution in [0.25, 0.3) is 5.69 Å². The zero-order valence-electron chi connectivity index (χ0n) is 18.2. The van der Waals surface area contributed by atoms with Crippen LogP contribution < -0.4 is 5.32 Å². The third kappa shape index (κ3) is 4.58. The van der Waals surface area contributed by atoms with Crippen LogP contribution in [-0.4, -0.2) is 46.5 Å². The van der Waals surface area contributed by atoms with Crippen LogP contribution >= 0.6 is 0 Å². The van der Waals surface area contributed by atoms with Gasteiger partial charge in [0.25, 0.3) is 5.91 Å². The Morgan fingerprint density at radius 2 is 1.78 bits per heavy atom. The summed E-state index contributed by atoms with van der Waals surface area (Å²) in [6.07, 6.45) is 5.87. The van der Waals surface area contributed by atoms with Gasteiger partial charge >= 0.3 is 0 Å². The molecule has 0 aliphatic carbocycles. The van der Waals surface area contributed by atoms with Crippen molar-refractivity contribution >= 4 is 15.9 Å². The van der Waals surface area contributed by atoms with E-state index in [1.165, 1.54) is 16.7 Å². The fourth-order valence-corrected chi connectivity index (χ4v) is 5.42. The summed E-state index contributed by atoms with van der Waals surface area (Å²) in [5.74, 6) is -0.300. The zero-order valence-corrected chi connectivity index (χ0v) is 19.0. The van der Waals surface area contributed by atoms with Crippen molar-refractivity contribution in [1.82, 2.24) is 24.4 Å². The van der Waals surface area contributed by atoms with E-state index in [0.29, 0.717) is 18.7 Å². The molecule has 1 N–H and O–H groups in total. The summed E-state index contributed by atoms with van der Waals surface area (Å²) in [4.78, 5) is 17.1. The van der Waals surface area contributed by atoms with Crippen molar-refractivity contribution in [3.63, 3.8) is 0 Å². The molecule has 1 saturated heterocycles. The average Bonchev–Trinajstić information content (AvgIpc) is 3.35. The first-order valence-corrected chi connectivity index (χ1v) is 12.2. The van der Waals surface area contributed by atoms with Gasteiger partial charge in [-0.05, 0) is 62.1 Å². The molecule has 1 aromatic heterocycles. The second-order valence-electron chi connectivity index (χ2n) is 8.07. The molecule has 2 heterocycles. The molecule has 2 aromatic carbocycles. The van der Waals surface area contributed by atoms with Crippen molar-refractivity contribution < 1.29 is 13.2 Å². The molecule has 168 valence electrons. The molecule has 3 aromatic rings. The summed E-state index contributed by atoms with van der Waals surface area (Å²) in [5, 5.41) is 7.09. The highest BCUT2D eigenvalue weighted by Crippen LogP contribution is 2.23. The lowest BCUT2D eigenvalue weighted by Crippen LogP contribution is -2.35. The predicted molar refractivity (Wildman–Crippen MR) is 121 cm³/mol. The molecule has 1 atom stereocenters. The summed E-state index contributed by atoms with van der Waals surface area (Å²) in [7, 11) is -3.60. The van der Waals surface area contributed by atoms with Gasteiger partial charge < -0.3 is 5.32 Å². The third-order valence-corrected chi connectivity index (χ3v) is 7.73. The highest BCUT2D eigenvalue weighted by molar-refractivity contribution is 7.89. The maximum atomic E-state index is 13.0. The van der Waals surface area contributed by atoms with E-state index in [1.54, 1.807) is 23.1 Å². The SMILES string of the molecule is Cc1ccc(S(=O)(=O)N2CCCCC2)cc1C(=O)NC(C)c1ccc(-n2cncn2)cc1. The molecule has 0 radical (unpaired) electrons. The molecule has 9 heteroatoms. The van der Waals surface area contributed by atoms with E-state index in [0.717, 1.165) is 36.1 Å². The largest absolute Gasteiger partial charge is 0.346 e. The number of carbonyl (C=O) groups is 1. The van der Waals surface area contributed by atoms with Gasteiger partial charge in [0.05, 0.1) is 16.6 Å². The number of piperidine rings is 1. The third-order valence-electron chi connectivity index (χ3n) is 5.83. The van der Waals surface area contributed by atoms with Gasteiger partial charge in [0, 0.05) is 18.7 Å². The monoisotopic (exact) mass is 453 g/mol. The van der Waals surface area contributed by atoms with Crippen molar-refractivity contribution in [2.45, 2.75) is 44.0 Å². The van der Waals surface area contributed by atoms with Gasteiger partial charge in [0.15, 0.2) is 0 Å². The number of aromatic nitrogens is 3. The Hall–Kier alpha value is -3.04. The maximum Gasteiger partial charge on any atom is 0.252 e. The van der Waals surface area contributed by atoms with Crippen LogP contribution in [0.1, 0.15) is 53.7 Å². The first-order chi connectivity index (χ1) is 15.4. The summed E-state index contributed by atoms with van der Waals surface area (Å²) in [6, 6.07) is 12.2. The highest BCUT2D eigenvalue weighted by atomic mass is 32.2. The van der Waals surface area contributed by atoms with Crippen LogP contribution in [0.5, 0.6) is 0 Å². The molecule has 0 bridgehead atoms. The summed E-state index contributed by atoms with van der Waals surface area (Å²) >= 11 is 0. The number of nitrogens with one attached hydrogen (secondary N) is 1. The van der Waals surface area contributed by atoms with E-state index in [1.807, 2.05) is 38.1 Å². The lowest BCUT2D eigenvalue weighted by Gasteiger charge is -2.26. The fourth-order valence-electron chi connectivity index (χ4n) is 3.88. The summed E-state index contributed by atoms with van der Waals surface area (Å²) in [6.45, 7) is 4.76. The second-order valence-corrected chi connectivity index (χ2v) is 10.0. The van der Waals surface area contributed by atoms with E-state index in [9.17, 15) is 13.2 Å². The molecule has 1 unspecified atom stereocenters. The van der Waals surface area contributed by atoms with Gasteiger partial charge in [0.2, 0.25) is 10.0 Å². The van der Waals surface area contributed by atoms with Crippen molar-refractivity contribution in [2.75, 3.05) is 13.1 Å². The summed E-state index contributed by atoms with van der Waals surface area (Å²) in [5.41, 5.74) is 2.90. The van der Waals surface area contributed by atoms with Gasteiger partial charge in [0.1, 0.15) is 12.7 Å². The molecule has 0 spiro atoms. The number of rotatable bonds is 6. The molecule has 1 aliphatic heterocycles. The molecular weight excluding hydrogens is 426 g/mol. The van der Waals surface area contributed by atoms with Crippen LogP contribution in [-0.2, 0) is 10.0 Å². The Morgan fingerprint density at radius 3 is 2.44 bits per heavy atom. The highest BCUT2D eigenvalue weighted by Gasteiger charge is 2.27. The Bertz CT molecular complexity index is 1180. The average molecular weight is 454 g/mol. The minimum Gasteiger partial charge on any atom is -0.346 e. The van der Waals surface area contributed by atoms with Crippen LogP contribution in [0, 0.1) is 6.92 Å². The number of aryl methyl sites for hydroxylation is 1. The minimum atomic E-state index is -3.60. The Morgan fingerprint density at radius 1 is 1.06 bits per heavy atom. The van der Waals surface area contributed by atoms with Gasteiger partial charge in [-0.1, -0.05) is 24.6 Å². The molecule has 0 saturated carbocycles. The normalized spacial score (nSPS) is 15.9. The molecule has 32 heavy (non-hydrogen) atoms. The van der Waals surface area contributed by atoms with Crippen LogP contribution in [0.2, 0.25) is 0 Å². The van der Waals surface area contributed by atoms with Gasteiger partial charge in [-0.25, -0.2) is 18.1 Å². The first-order valence-electron chi connectivity index (χ1n) is 10.7. The van der Waals surface area contributed by atoms with Gasteiger partial charge in [-0.15, -0.1) is 0 Å². The molecule has 1 amide bonds. The lowest BCUT2D eigenvalue weighted by molar-refractivity contribution is 0.0939. The molecule has 8 nitrogen and oxygen atoms in total. The second kappa shape index (κ2) is 9.22. The Balaban J connectivity index is 1.51. The lowest BCUT2D eigenvalue weighted by atomic mass is 10.1. The van der Waals surface area contributed by atoms with Crippen LogP contribution in [0.4, 0.5) is 0 Å². The molecule has 1 aliphatic rings. The number of carbonyl (C=O) groups excluding carboxylic acids is 1.